The summed E-state index contributed by atoms with van der Waals surface area (Å²) in [5.41, 5.74) is 6.13. The molecule has 4 nitrogen and oxygen atoms in total. The second kappa shape index (κ2) is 5.45. The van der Waals surface area contributed by atoms with Gasteiger partial charge in [-0.15, -0.1) is 0 Å². The minimum Gasteiger partial charge on any atom is -0.381 e. The number of nitrogens with two attached hydrogens (primary N) is 1. The topological polar surface area (TPSA) is 47.7 Å². The molecule has 0 aromatic rings. The largest absolute Gasteiger partial charge is 0.381 e. The number of ether oxygens (including phenoxy) is 2. The summed E-state index contributed by atoms with van der Waals surface area (Å²) in [5.74, 6) is 0. The van der Waals surface area contributed by atoms with Gasteiger partial charge in [-0.2, -0.15) is 0 Å². The van der Waals surface area contributed by atoms with Crippen LogP contribution in [0.25, 0.3) is 0 Å². The summed E-state index contributed by atoms with van der Waals surface area (Å²) in [6.07, 6.45) is 2.26. The van der Waals surface area contributed by atoms with Gasteiger partial charge in [-0.25, -0.2) is 0 Å². The minimum absolute atomic E-state index is 0.199. The van der Waals surface area contributed by atoms with Crippen LogP contribution >= 0.6 is 0 Å². The monoisotopic (exact) mass is 228 g/mol. The van der Waals surface area contributed by atoms with E-state index in [0.717, 1.165) is 58.9 Å². The Labute approximate surface area is 98.1 Å². The maximum atomic E-state index is 5.93. The van der Waals surface area contributed by atoms with Gasteiger partial charge in [0.1, 0.15) is 0 Å². The highest BCUT2D eigenvalue weighted by molar-refractivity contribution is 4.89. The van der Waals surface area contributed by atoms with E-state index in [9.17, 15) is 0 Å². The van der Waals surface area contributed by atoms with Crippen LogP contribution in [0.15, 0.2) is 0 Å². The Bertz CT molecular complexity index is 217. The van der Waals surface area contributed by atoms with Gasteiger partial charge in [-0.1, -0.05) is 6.92 Å². The fraction of sp³-hybridized carbons (Fsp3) is 1.00. The van der Waals surface area contributed by atoms with E-state index in [2.05, 4.69) is 11.8 Å². The molecule has 2 unspecified atom stereocenters. The van der Waals surface area contributed by atoms with Crippen LogP contribution in [0, 0.1) is 5.41 Å². The maximum Gasteiger partial charge on any atom is 0.0622 e. The lowest BCUT2D eigenvalue weighted by Crippen LogP contribution is -2.52. The zero-order chi connectivity index (χ0) is 11.4. The molecule has 2 fully saturated rings. The molecule has 0 spiro atoms. The Morgan fingerprint density at radius 1 is 1.38 bits per heavy atom. The van der Waals surface area contributed by atoms with Crippen molar-refractivity contribution in [2.75, 3.05) is 46.1 Å². The van der Waals surface area contributed by atoms with Crippen molar-refractivity contribution in [2.45, 2.75) is 25.8 Å². The van der Waals surface area contributed by atoms with Crippen LogP contribution in [0.2, 0.25) is 0 Å². The van der Waals surface area contributed by atoms with Crippen LogP contribution in [0.4, 0.5) is 0 Å². The van der Waals surface area contributed by atoms with Crippen molar-refractivity contribution in [1.29, 1.82) is 0 Å². The van der Waals surface area contributed by atoms with Crippen LogP contribution in [-0.2, 0) is 9.47 Å². The number of hydrogen-bond donors (Lipinski definition) is 1. The molecule has 0 bridgehead atoms. The summed E-state index contributed by atoms with van der Waals surface area (Å²) in [6.45, 7) is 8.52. The van der Waals surface area contributed by atoms with Crippen LogP contribution in [0.5, 0.6) is 0 Å². The molecule has 2 atom stereocenters. The third-order valence-corrected chi connectivity index (χ3v) is 3.98. The lowest BCUT2D eigenvalue weighted by molar-refractivity contribution is -0.0283. The summed E-state index contributed by atoms with van der Waals surface area (Å²) in [4.78, 5) is 2.55. The van der Waals surface area contributed by atoms with Crippen molar-refractivity contribution >= 4 is 0 Å². The van der Waals surface area contributed by atoms with Gasteiger partial charge in [0.2, 0.25) is 0 Å². The predicted octanol–water partition coefficient (Wildman–Crippen LogP) is 0.463. The van der Waals surface area contributed by atoms with E-state index in [4.69, 9.17) is 15.2 Å². The molecule has 2 aliphatic rings. The van der Waals surface area contributed by atoms with E-state index < -0.39 is 0 Å². The number of nitrogens with zero attached hydrogens (tertiary/aromatic N) is 1. The average Bonchev–Trinajstić information content (AvgIpc) is 2.79. The van der Waals surface area contributed by atoms with Gasteiger partial charge in [0.05, 0.1) is 19.8 Å². The first kappa shape index (κ1) is 12.3. The van der Waals surface area contributed by atoms with Crippen molar-refractivity contribution in [2.24, 2.45) is 11.1 Å². The number of rotatable bonds is 4. The van der Waals surface area contributed by atoms with Crippen molar-refractivity contribution in [3.05, 3.63) is 0 Å². The second-order valence-corrected chi connectivity index (χ2v) is 5.11. The summed E-state index contributed by atoms with van der Waals surface area (Å²) in [7, 11) is 0. The van der Waals surface area contributed by atoms with Gasteiger partial charge in [0.25, 0.3) is 0 Å². The summed E-state index contributed by atoms with van der Waals surface area (Å²) in [6, 6.07) is 0.567. The van der Waals surface area contributed by atoms with E-state index in [-0.39, 0.29) is 5.41 Å². The Hall–Kier alpha value is -0.160. The minimum atomic E-state index is 0.199. The van der Waals surface area contributed by atoms with Gasteiger partial charge < -0.3 is 15.2 Å². The van der Waals surface area contributed by atoms with Gasteiger partial charge in [0, 0.05) is 37.7 Å². The zero-order valence-corrected chi connectivity index (χ0v) is 10.3. The van der Waals surface area contributed by atoms with Crippen LogP contribution in [0.1, 0.15) is 19.8 Å². The van der Waals surface area contributed by atoms with Crippen LogP contribution in [0.3, 0.4) is 0 Å². The SMILES string of the molecule is CCC1COCCN1CC1(CN)CCOC1. The Morgan fingerprint density at radius 2 is 2.25 bits per heavy atom. The molecule has 2 rings (SSSR count). The third-order valence-electron chi connectivity index (χ3n) is 3.98. The van der Waals surface area contributed by atoms with E-state index in [1.54, 1.807) is 0 Å². The fourth-order valence-corrected chi connectivity index (χ4v) is 2.70. The highest BCUT2D eigenvalue weighted by Crippen LogP contribution is 2.30. The molecule has 16 heavy (non-hydrogen) atoms. The van der Waals surface area contributed by atoms with Crippen molar-refractivity contribution < 1.29 is 9.47 Å². The molecular formula is C12H24N2O2. The van der Waals surface area contributed by atoms with Crippen LogP contribution in [-0.4, -0.2) is 57.0 Å². The van der Waals surface area contributed by atoms with E-state index in [1.807, 2.05) is 0 Å². The van der Waals surface area contributed by atoms with Gasteiger partial charge >= 0.3 is 0 Å². The van der Waals surface area contributed by atoms with E-state index in [0.29, 0.717) is 6.04 Å². The molecular weight excluding hydrogens is 204 g/mol. The molecule has 2 aliphatic heterocycles. The molecule has 0 radical (unpaired) electrons. The van der Waals surface area contributed by atoms with Crippen LogP contribution < -0.4 is 5.73 Å². The molecule has 4 heteroatoms. The Kier molecular flexibility index (Phi) is 4.19. The first-order chi connectivity index (χ1) is 7.79. The lowest BCUT2D eigenvalue weighted by Gasteiger charge is -2.40. The molecule has 0 aliphatic carbocycles. The van der Waals surface area contributed by atoms with Crippen molar-refractivity contribution in [1.82, 2.24) is 4.90 Å². The van der Waals surface area contributed by atoms with Crippen molar-refractivity contribution in [3.63, 3.8) is 0 Å². The van der Waals surface area contributed by atoms with Crippen molar-refractivity contribution in [3.8, 4) is 0 Å². The number of morpholine rings is 1. The highest BCUT2D eigenvalue weighted by atomic mass is 16.5. The number of hydrogen-bond acceptors (Lipinski definition) is 4. The predicted molar refractivity (Wildman–Crippen MR) is 63.4 cm³/mol. The van der Waals surface area contributed by atoms with Gasteiger partial charge in [-0.05, 0) is 12.8 Å². The normalized spacial score (nSPS) is 36.8. The highest BCUT2D eigenvalue weighted by Gasteiger charge is 2.37. The summed E-state index contributed by atoms with van der Waals surface area (Å²) >= 11 is 0. The average molecular weight is 228 g/mol. The molecule has 94 valence electrons. The molecule has 2 N–H and O–H groups in total. The summed E-state index contributed by atoms with van der Waals surface area (Å²) in [5, 5.41) is 0. The Morgan fingerprint density at radius 3 is 2.88 bits per heavy atom. The maximum absolute atomic E-state index is 5.93. The lowest BCUT2D eigenvalue weighted by atomic mass is 9.86. The molecule has 0 saturated carbocycles. The molecule has 2 heterocycles. The zero-order valence-electron chi connectivity index (χ0n) is 10.3. The van der Waals surface area contributed by atoms with Gasteiger partial charge in [0.15, 0.2) is 0 Å². The smallest absolute Gasteiger partial charge is 0.0622 e. The molecule has 2 saturated heterocycles. The van der Waals surface area contributed by atoms with E-state index in [1.165, 1.54) is 0 Å². The third kappa shape index (κ3) is 2.56. The Balaban J connectivity index is 1.95. The molecule has 0 aromatic heterocycles. The quantitative estimate of drug-likeness (QED) is 0.759. The molecule has 0 amide bonds. The van der Waals surface area contributed by atoms with E-state index >= 15 is 0 Å². The first-order valence-corrected chi connectivity index (χ1v) is 6.39. The second-order valence-electron chi connectivity index (χ2n) is 5.11. The standard InChI is InChI=1S/C12H24N2O2/c1-2-11-7-15-6-4-14(11)9-12(8-13)3-5-16-10-12/h11H,2-10,13H2,1H3. The first-order valence-electron chi connectivity index (χ1n) is 6.39. The summed E-state index contributed by atoms with van der Waals surface area (Å²) < 4.78 is 11.1. The molecule has 0 aromatic carbocycles. The van der Waals surface area contributed by atoms with Gasteiger partial charge in [-0.3, -0.25) is 4.90 Å². The fourth-order valence-electron chi connectivity index (χ4n) is 2.70.